The van der Waals surface area contributed by atoms with E-state index in [0.717, 1.165) is 41.8 Å². The fourth-order valence-electron chi connectivity index (χ4n) is 1.55. The number of pyridine rings is 1. The number of unbranched alkanes of at least 4 members (excludes halogenated alkanes) is 1. The van der Waals surface area contributed by atoms with E-state index in [1.54, 1.807) is 12.4 Å². The molecule has 1 heterocycles. The van der Waals surface area contributed by atoms with Crippen LogP contribution in [0.5, 0.6) is 0 Å². The van der Waals surface area contributed by atoms with Crippen LogP contribution in [0.25, 0.3) is 0 Å². The van der Waals surface area contributed by atoms with Crippen LogP contribution >= 0.6 is 12.0 Å². The molecule has 3 heteroatoms. The summed E-state index contributed by atoms with van der Waals surface area (Å²) in [6.45, 7) is 4.14. The fourth-order valence-corrected chi connectivity index (χ4v) is 2.05. The van der Waals surface area contributed by atoms with Gasteiger partial charge < -0.3 is 4.55 Å². The maximum absolute atomic E-state index is 9.33. The molecule has 1 rings (SSSR count). The first-order valence-electron chi connectivity index (χ1n) is 5.87. The lowest BCUT2D eigenvalue weighted by molar-refractivity contribution is 0.669. The average molecular weight is 249 g/mol. The van der Waals surface area contributed by atoms with E-state index in [4.69, 9.17) is 0 Å². The first kappa shape index (κ1) is 14.0. The second-order valence-electron chi connectivity index (χ2n) is 3.79. The molecule has 0 spiro atoms. The minimum atomic E-state index is 0.835. The van der Waals surface area contributed by atoms with E-state index in [9.17, 15) is 4.55 Å². The second kappa shape index (κ2) is 8.09. The molecule has 1 N–H and O–H groups in total. The van der Waals surface area contributed by atoms with Gasteiger partial charge >= 0.3 is 0 Å². The summed E-state index contributed by atoms with van der Waals surface area (Å²) in [6.07, 6.45) is 10.7. The lowest BCUT2D eigenvalue weighted by atomic mass is 10.1. The second-order valence-corrected chi connectivity index (χ2v) is 4.42. The summed E-state index contributed by atoms with van der Waals surface area (Å²) in [5.41, 5.74) is 2.38. The normalized spacial score (nSPS) is 12.9. The summed E-state index contributed by atoms with van der Waals surface area (Å²) in [7, 11) is 0. The van der Waals surface area contributed by atoms with E-state index in [-0.39, 0.29) is 0 Å². The Balaban J connectivity index is 2.78. The highest BCUT2D eigenvalue weighted by atomic mass is 32.2. The number of hydrogen-bond acceptors (Lipinski definition) is 3. The molecule has 0 atom stereocenters. The summed E-state index contributed by atoms with van der Waals surface area (Å²) in [4.78, 5) is 4.97. The summed E-state index contributed by atoms with van der Waals surface area (Å²) < 4.78 is 9.33. The molecule has 0 saturated heterocycles. The third-order valence-corrected chi connectivity index (χ3v) is 3.15. The molecule has 0 amide bonds. The van der Waals surface area contributed by atoms with Gasteiger partial charge in [0.15, 0.2) is 0 Å². The Bertz CT molecular complexity index is 384. The zero-order valence-electron chi connectivity index (χ0n) is 10.4. The molecule has 0 aliphatic rings. The average Bonchev–Trinajstić information content (AvgIpc) is 2.39. The predicted octanol–water partition coefficient (Wildman–Crippen LogP) is 4.46. The van der Waals surface area contributed by atoms with Crippen LogP contribution in [0.2, 0.25) is 0 Å². The Kier molecular flexibility index (Phi) is 6.67. The summed E-state index contributed by atoms with van der Waals surface area (Å²) in [5.74, 6) is 0. The van der Waals surface area contributed by atoms with Gasteiger partial charge in [0.05, 0.1) is 0 Å². The quantitative estimate of drug-likeness (QED) is 0.597. The summed E-state index contributed by atoms with van der Waals surface area (Å²) >= 11 is 0.839. The van der Waals surface area contributed by atoms with Gasteiger partial charge in [-0.15, -0.1) is 0 Å². The maximum Gasteiger partial charge on any atom is 0.0343 e. The highest BCUT2D eigenvalue weighted by Gasteiger charge is 2.05. The van der Waals surface area contributed by atoms with Gasteiger partial charge in [0, 0.05) is 29.3 Å². The van der Waals surface area contributed by atoms with Gasteiger partial charge in [-0.2, -0.15) is 0 Å². The van der Waals surface area contributed by atoms with Crippen LogP contribution < -0.4 is 0 Å². The van der Waals surface area contributed by atoms with Gasteiger partial charge in [-0.25, -0.2) is 0 Å². The Morgan fingerprint density at radius 1 is 1.41 bits per heavy atom. The molecule has 0 aliphatic heterocycles. The molecule has 0 saturated carbocycles. The molecule has 92 valence electrons. The molecule has 1 aromatic rings. The third-order valence-electron chi connectivity index (χ3n) is 2.53. The highest BCUT2D eigenvalue weighted by Crippen LogP contribution is 2.25. The molecule has 0 aliphatic carbocycles. The van der Waals surface area contributed by atoms with Crippen molar-refractivity contribution in [1.82, 2.24) is 4.98 Å². The zero-order valence-corrected chi connectivity index (χ0v) is 11.2. The minimum Gasteiger partial charge on any atom is -0.325 e. The molecule has 0 aromatic carbocycles. The van der Waals surface area contributed by atoms with Crippen molar-refractivity contribution in [2.45, 2.75) is 33.1 Å². The standard InChI is InChI=1S/C14H19NOS/c1-3-5-6-14(17-16)13(4-2)11-12-7-9-15-10-8-12/h4,6-10,16H,3,5,11H2,1-2H3/b13-4-,14-6+. The number of aromatic nitrogens is 1. The highest BCUT2D eigenvalue weighted by molar-refractivity contribution is 7.97. The largest absolute Gasteiger partial charge is 0.325 e. The Morgan fingerprint density at radius 2 is 2.12 bits per heavy atom. The topological polar surface area (TPSA) is 33.1 Å². The van der Waals surface area contributed by atoms with Gasteiger partial charge in [-0.3, -0.25) is 4.98 Å². The molecule has 0 radical (unpaired) electrons. The van der Waals surface area contributed by atoms with Gasteiger partial charge in [-0.1, -0.05) is 25.5 Å². The number of nitrogens with zero attached hydrogens (tertiary/aromatic N) is 1. The van der Waals surface area contributed by atoms with E-state index < -0.39 is 0 Å². The van der Waals surface area contributed by atoms with Crippen molar-refractivity contribution in [1.29, 1.82) is 0 Å². The Morgan fingerprint density at radius 3 is 2.65 bits per heavy atom. The summed E-state index contributed by atoms with van der Waals surface area (Å²) in [5, 5.41) is 0. The van der Waals surface area contributed by atoms with Crippen LogP contribution in [-0.2, 0) is 6.42 Å². The third kappa shape index (κ3) is 4.75. The first-order chi connectivity index (χ1) is 8.31. The predicted molar refractivity (Wildman–Crippen MR) is 74.9 cm³/mol. The van der Waals surface area contributed by atoms with Crippen LogP contribution in [0.4, 0.5) is 0 Å². The molecule has 0 fully saturated rings. The first-order valence-corrected chi connectivity index (χ1v) is 6.65. The van der Waals surface area contributed by atoms with Crippen molar-refractivity contribution >= 4 is 12.0 Å². The van der Waals surface area contributed by atoms with Crippen LogP contribution in [0.15, 0.2) is 47.2 Å². The van der Waals surface area contributed by atoms with E-state index in [0.29, 0.717) is 0 Å². The van der Waals surface area contributed by atoms with E-state index in [1.165, 1.54) is 5.56 Å². The van der Waals surface area contributed by atoms with E-state index >= 15 is 0 Å². The van der Waals surface area contributed by atoms with Gasteiger partial charge in [0.2, 0.25) is 0 Å². The van der Waals surface area contributed by atoms with Crippen LogP contribution in [0, 0.1) is 0 Å². The molecule has 0 unspecified atom stereocenters. The maximum atomic E-state index is 9.33. The monoisotopic (exact) mass is 249 g/mol. The van der Waals surface area contributed by atoms with Gasteiger partial charge in [0.25, 0.3) is 0 Å². The lowest BCUT2D eigenvalue weighted by Gasteiger charge is -2.08. The molecular weight excluding hydrogens is 230 g/mol. The molecule has 17 heavy (non-hydrogen) atoms. The van der Waals surface area contributed by atoms with Crippen LogP contribution in [0.3, 0.4) is 0 Å². The zero-order chi connectivity index (χ0) is 12.5. The van der Waals surface area contributed by atoms with Crippen LogP contribution in [0.1, 0.15) is 32.3 Å². The minimum absolute atomic E-state index is 0.835. The van der Waals surface area contributed by atoms with Gasteiger partial charge in [0.1, 0.15) is 0 Å². The number of rotatable bonds is 6. The van der Waals surface area contributed by atoms with Crippen molar-refractivity contribution in [3.8, 4) is 0 Å². The van der Waals surface area contributed by atoms with E-state index in [2.05, 4.69) is 24.1 Å². The van der Waals surface area contributed by atoms with Crippen molar-refractivity contribution in [2.24, 2.45) is 0 Å². The number of hydrogen-bond donors (Lipinski definition) is 1. The van der Waals surface area contributed by atoms with Crippen molar-refractivity contribution in [3.63, 3.8) is 0 Å². The van der Waals surface area contributed by atoms with Gasteiger partial charge in [-0.05, 0) is 43.0 Å². The summed E-state index contributed by atoms with van der Waals surface area (Å²) in [6, 6.07) is 4.01. The Hall–Kier alpha value is -1.06. The fraction of sp³-hybridized carbons (Fsp3) is 0.357. The van der Waals surface area contributed by atoms with Crippen LogP contribution in [-0.4, -0.2) is 9.54 Å². The van der Waals surface area contributed by atoms with E-state index in [1.807, 2.05) is 19.1 Å². The lowest BCUT2D eigenvalue weighted by Crippen LogP contribution is -1.93. The smallest absolute Gasteiger partial charge is 0.0343 e. The molecular formula is C14H19NOS. The Labute approximate surface area is 108 Å². The van der Waals surface area contributed by atoms with Crippen molar-refractivity contribution in [3.05, 3.63) is 52.7 Å². The SMILES string of the molecule is C/C=C(Cc1ccncc1)\C(=C/CCC)SO. The van der Waals surface area contributed by atoms with Crippen molar-refractivity contribution < 1.29 is 4.55 Å². The molecule has 1 aromatic heterocycles. The molecule has 0 bridgehead atoms. The van der Waals surface area contributed by atoms with Crippen molar-refractivity contribution in [2.75, 3.05) is 0 Å². The molecule has 2 nitrogen and oxygen atoms in total. The number of allylic oxidation sites excluding steroid dienone is 3.